The molecule has 3 nitrogen and oxygen atoms in total. The number of hydrogen-bond acceptors (Lipinski definition) is 3. The maximum Gasteiger partial charge on any atom is 0.0777 e. The lowest BCUT2D eigenvalue weighted by Gasteiger charge is -2.40. The highest BCUT2D eigenvalue weighted by Crippen LogP contribution is 2.24. The molecule has 1 N–H and O–H groups in total. The largest absolute Gasteiger partial charge is 0.377 e. The zero-order chi connectivity index (χ0) is 13.8. The fourth-order valence-electron chi connectivity index (χ4n) is 2.62. The predicted molar refractivity (Wildman–Crippen MR) is 78.0 cm³/mol. The molecule has 0 amide bonds. The summed E-state index contributed by atoms with van der Waals surface area (Å²) in [6.45, 7) is 15.8. The van der Waals surface area contributed by atoms with Gasteiger partial charge in [-0.1, -0.05) is 6.92 Å². The van der Waals surface area contributed by atoms with E-state index in [4.69, 9.17) is 4.74 Å². The quantitative estimate of drug-likeness (QED) is 0.818. The Morgan fingerprint density at radius 1 is 1.39 bits per heavy atom. The molecule has 1 aliphatic rings. The molecular formula is C15H32N2O. The molecule has 2 atom stereocenters. The van der Waals surface area contributed by atoms with Crippen LogP contribution in [0, 0.1) is 5.92 Å². The molecule has 18 heavy (non-hydrogen) atoms. The van der Waals surface area contributed by atoms with Crippen LogP contribution in [0.25, 0.3) is 0 Å². The Labute approximate surface area is 113 Å². The van der Waals surface area contributed by atoms with Crippen LogP contribution < -0.4 is 5.32 Å². The summed E-state index contributed by atoms with van der Waals surface area (Å²) in [4.78, 5) is 2.56. The van der Waals surface area contributed by atoms with Crippen LogP contribution >= 0.6 is 0 Å². The SMILES string of the molecule is COC1(C)CCCN(CC(C)CNC(C)(C)C)C1. The van der Waals surface area contributed by atoms with Gasteiger partial charge in [0.2, 0.25) is 0 Å². The molecular weight excluding hydrogens is 224 g/mol. The molecule has 0 aliphatic carbocycles. The van der Waals surface area contributed by atoms with E-state index in [1.165, 1.54) is 25.9 Å². The van der Waals surface area contributed by atoms with Crippen molar-refractivity contribution < 1.29 is 4.74 Å². The number of nitrogens with one attached hydrogen (secondary N) is 1. The van der Waals surface area contributed by atoms with Gasteiger partial charge in [-0.2, -0.15) is 0 Å². The Morgan fingerprint density at radius 3 is 2.61 bits per heavy atom. The van der Waals surface area contributed by atoms with Gasteiger partial charge < -0.3 is 15.0 Å². The van der Waals surface area contributed by atoms with E-state index in [0.29, 0.717) is 5.92 Å². The molecule has 1 fully saturated rings. The second-order valence-corrected chi connectivity index (χ2v) is 7.23. The molecule has 0 aromatic heterocycles. The van der Waals surface area contributed by atoms with Gasteiger partial charge in [0.15, 0.2) is 0 Å². The van der Waals surface area contributed by atoms with Crippen LogP contribution in [0.3, 0.4) is 0 Å². The van der Waals surface area contributed by atoms with Crippen molar-refractivity contribution in [2.75, 3.05) is 33.3 Å². The van der Waals surface area contributed by atoms with Crippen molar-refractivity contribution in [3.8, 4) is 0 Å². The van der Waals surface area contributed by atoms with Gasteiger partial charge in [0.05, 0.1) is 5.60 Å². The smallest absolute Gasteiger partial charge is 0.0777 e. The Kier molecular flexibility index (Phi) is 5.63. The second kappa shape index (κ2) is 6.36. The lowest BCUT2D eigenvalue weighted by molar-refractivity contribution is -0.0532. The van der Waals surface area contributed by atoms with Gasteiger partial charge in [0.25, 0.3) is 0 Å². The lowest BCUT2D eigenvalue weighted by Crippen LogP contribution is -2.49. The Balaban J connectivity index is 2.33. The maximum absolute atomic E-state index is 5.65. The van der Waals surface area contributed by atoms with Crippen LogP contribution in [0.4, 0.5) is 0 Å². The highest BCUT2D eigenvalue weighted by atomic mass is 16.5. The molecule has 0 aromatic rings. The third-order valence-corrected chi connectivity index (χ3v) is 3.78. The van der Waals surface area contributed by atoms with Gasteiger partial charge in [-0.25, -0.2) is 0 Å². The minimum atomic E-state index is 0.0649. The first-order chi connectivity index (χ1) is 8.24. The van der Waals surface area contributed by atoms with Crippen LogP contribution in [0.2, 0.25) is 0 Å². The summed E-state index contributed by atoms with van der Waals surface area (Å²) in [6.07, 6.45) is 2.44. The van der Waals surface area contributed by atoms with Crippen LogP contribution in [-0.4, -0.2) is 49.3 Å². The standard InChI is InChI=1S/C15H32N2O/c1-13(10-16-14(2,3)4)11-17-9-7-8-15(5,12-17)18-6/h13,16H,7-12H2,1-6H3. The molecule has 1 saturated heterocycles. The molecule has 108 valence electrons. The average molecular weight is 256 g/mol. The zero-order valence-corrected chi connectivity index (χ0v) is 13.2. The first kappa shape index (κ1) is 15.9. The molecule has 0 bridgehead atoms. The topological polar surface area (TPSA) is 24.5 Å². The highest BCUT2D eigenvalue weighted by molar-refractivity contribution is 4.85. The molecule has 2 unspecified atom stereocenters. The number of likely N-dealkylation sites (tertiary alicyclic amines) is 1. The van der Waals surface area contributed by atoms with E-state index in [1.54, 1.807) is 0 Å². The lowest BCUT2D eigenvalue weighted by atomic mass is 9.94. The number of hydrogen-bond donors (Lipinski definition) is 1. The molecule has 3 heteroatoms. The van der Waals surface area contributed by atoms with E-state index in [2.05, 4.69) is 44.8 Å². The Morgan fingerprint density at radius 2 is 2.06 bits per heavy atom. The fourth-order valence-corrected chi connectivity index (χ4v) is 2.62. The van der Waals surface area contributed by atoms with Crippen LogP contribution in [-0.2, 0) is 4.74 Å². The Bertz CT molecular complexity index is 249. The third-order valence-electron chi connectivity index (χ3n) is 3.78. The number of nitrogens with zero attached hydrogens (tertiary/aromatic N) is 1. The molecule has 0 saturated carbocycles. The van der Waals surface area contributed by atoms with E-state index in [9.17, 15) is 0 Å². The number of piperidine rings is 1. The number of methoxy groups -OCH3 is 1. The summed E-state index contributed by atoms with van der Waals surface area (Å²) in [7, 11) is 1.84. The molecule has 1 rings (SSSR count). The molecule has 0 radical (unpaired) electrons. The van der Waals surface area contributed by atoms with Crippen molar-refractivity contribution in [2.45, 2.75) is 58.6 Å². The normalized spacial score (nSPS) is 28.3. The predicted octanol–water partition coefficient (Wildman–Crippen LogP) is 2.51. The molecule has 0 aromatic carbocycles. The van der Waals surface area contributed by atoms with Crippen molar-refractivity contribution in [3.05, 3.63) is 0 Å². The molecule has 1 heterocycles. The summed E-state index contributed by atoms with van der Waals surface area (Å²) in [5.74, 6) is 0.684. The van der Waals surface area contributed by atoms with E-state index in [1.807, 2.05) is 7.11 Å². The van der Waals surface area contributed by atoms with Crippen molar-refractivity contribution >= 4 is 0 Å². The van der Waals surface area contributed by atoms with Gasteiger partial charge in [0.1, 0.15) is 0 Å². The van der Waals surface area contributed by atoms with E-state index in [0.717, 1.165) is 13.1 Å². The third kappa shape index (κ3) is 5.68. The van der Waals surface area contributed by atoms with E-state index >= 15 is 0 Å². The first-order valence-electron chi connectivity index (χ1n) is 7.27. The number of ether oxygens (including phenoxy) is 1. The minimum Gasteiger partial charge on any atom is -0.377 e. The van der Waals surface area contributed by atoms with Gasteiger partial charge in [-0.05, 0) is 59.5 Å². The van der Waals surface area contributed by atoms with Crippen LogP contribution in [0.15, 0.2) is 0 Å². The van der Waals surface area contributed by atoms with E-state index in [-0.39, 0.29) is 11.1 Å². The molecule has 1 aliphatic heterocycles. The van der Waals surface area contributed by atoms with Crippen molar-refractivity contribution in [2.24, 2.45) is 5.92 Å². The van der Waals surface area contributed by atoms with Gasteiger partial charge in [-0.15, -0.1) is 0 Å². The molecule has 0 spiro atoms. The van der Waals surface area contributed by atoms with E-state index < -0.39 is 0 Å². The van der Waals surface area contributed by atoms with Gasteiger partial charge >= 0.3 is 0 Å². The fraction of sp³-hybridized carbons (Fsp3) is 1.00. The second-order valence-electron chi connectivity index (χ2n) is 7.23. The summed E-state index contributed by atoms with van der Waals surface area (Å²) in [5, 5.41) is 3.59. The first-order valence-corrected chi connectivity index (χ1v) is 7.27. The summed E-state index contributed by atoms with van der Waals surface area (Å²) in [6, 6.07) is 0. The summed E-state index contributed by atoms with van der Waals surface area (Å²) < 4.78 is 5.65. The summed E-state index contributed by atoms with van der Waals surface area (Å²) in [5.41, 5.74) is 0.284. The minimum absolute atomic E-state index is 0.0649. The average Bonchev–Trinajstić information content (AvgIpc) is 2.26. The van der Waals surface area contributed by atoms with Crippen LogP contribution in [0.1, 0.15) is 47.5 Å². The van der Waals surface area contributed by atoms with Crippen molar-refractivity contribution in [1.29, 1.82) is 0 Å². The zero-order valence-electron chi connectivity index (χ0n) is 13.2. The monoisotopic (exact) mass is 256 g/mol. The van der Waals surface area contributed by atoms with Gasteiger partial charge in [-0.3, -0.25) is 0 Å². The van der Waals surface area contributed by atoms with Crippen molar-refractivity contribution in [1.82, 2.24) is 10.2 Å². The summed E-state index contributed by atoms with van der Waals surface area (Å²) >= 11 is 0. The Hall–Kier alpha value is -0.120. The van der Waals surface area contributed by atoms with Crippen LogP contribution in [0.5, 0.6) is 0 Å². The highest BCUT2D eigenvalue weighted by Gasteiger charge is 2.31. The maximum atomic E-state index is 5.65. The van der Waals surface area contributed by atoms with Crippen molar-refractivity contribution in [3.63, 3.8) is 0 Å². The van der Waals surface area contributed by atoms with Gasteiger partial charge in [0, 0.05) is 25.7 Å². The number of rotatable bonds is 5.